The van der Waals surface area contributed by atoms with E-state index in [1.807, 2.05) is 37.4 Å². The molecule has 0 amide bonds. The predicted molar refractivity (Wildman–Crippen MR) is 82.6 cm³/mol. The normalized spacial score (nSPS) is 10.4. The molecule has 0 spiro atoms. The molecule has 0 bridgehead atoms. The van der Waals surface area contributed by atoms with Gasteiger partial charge in [-0.25, -0.2) is 4.98 Å². The Kier molecular flexibility index (Phi) is 4.24. The Labute approximate surface area is 123 Å². The first kappa shape index (κ1) is 13.4. The Hall–Kier alpha value is -1.07. The van der Waals surface area contributed by atoms with Gasteiger partial charge < -0.3 is 10.6 Å². The van der Waals surface area contributed by atoms with Gasteiger partial charge in [-0.1, -0.05) is 18.2 Å². The van der Waals surface area contributed by atoms with Crippen molar-refractivity contribution >= 4 is 43.4 Å². The van der Waals surface area contributed by atoms with Gasteiger partial charge in [0.05, 0.1) is 4.47 Å². The van der Waals surface area contributed by atoms with E-state index in [2.05, 4.69) is 41.7 Å². The number of halogens is 2. The van der Waals surface area contributed by atoms with Crippen LogP contribution in [0.3, 0.4) is 0 Å². The Bertz CT molecular complexity index is 558. The third-order valence-electron chi connectivity index (χ3n) is 2.61. The summed E-state index contributed by atoms with van der Waals surface area (Å²) < 4.78 is 1.90. The van der Waals surface area contributed by atoms with E-state index >= 15 is 0 Å². The van der Waals surface area contributed by atoms with E-state index in [1.165, 1.54) is 0 Å². The average molecular weight is 371 g/mol. The van der Waals surface area contributed by atoms with Gasteiger partial charge in [-0.15, -0.1) is 0 Å². The van der Waals surface area contributed by atoms with Crippen LogP contribution in [-0.4, -0.2) is 12.0 Å². The SMILES string of the molecule is CN(Cc1ccccc1N)c1ncc(Br)cc1Br. The maximum Gasteiger partial charge on any atom is 0.142 e. The number of pyridine rings is 1. The van der Waals surface area contributed by atoms with Crippen molar-refractivity contribution < 1.29 is 0 Å². The zero-order chi connectivity index (χ0) is 13.1. The summed E-state index contributed by atoms with van der Waals surface area (Å²) in [7, 11) is 1.99. The van der Waals surface area contributed by atoms with E-state index < -0.39 is 0 Å². The van der Waals surface area contributed by atoms with Crippen molar-refractivity contribution in [3.05, 3.63) is 51.0 Å². The Morgan fingerprint density at radius 2 is 2.00 bits per heavy atom. The first-order valence-corrected chi connectivity index (χ1v) is 7.02. The van der Waals surface area contributed by atoms with Crippen LogP contribution in [0.5, 0.6) is 0 Å². The van der Waals surface area contributed by atoms with Crippen molar-refractivity contribution in [1.29, 1.82) is 0 Å². The maximum absolute atomic E-state index is 5.94. The number of para-hydroxylation sites is 1. The molecule has 0 atom stereocenters. The molecule has 18 heavy (non-hydrogen) atoms. The second kappa shape index (κ2) is 5.71. The Morgan fingerprint density at radius 1 is 1.28 bits per heavy atom. The van der Waals surface area contributed by atoms with Gasteiger partial charge in [0.2, 0.25) is 0 Å². The molecule has 2 N–H and O–H groups in total. The fourth-order valence-corrected chi connectivity index (χ4v) is 2.99. The third kappa shape index (κ3) is 3.03. The summed E-state index contributed by atoms with van der Waals surface area (Å²) in [6.45, 7) is 0.722. The highest BCUT2D eigenvalue weighted by Gasteiger charge is 2.09. The fraction of sp³-hybridized carbons (Fsp3) is 0.154. The van der Waals surface area contributed by atoms with Crippen molar-refractivity contribution in [1.82, 2.24) is 4.98 Å². The molecular formula is C13H13Br2N3. The van der Waals surface area contributed by atoms with Gasteiger partial charge in [-0.3, -0.25) is 0 Å². The van der Waals surface area contributed by atoms with Crippen LogP contribution in [0.2, 0.25) is 0 Å². The molecule has 0 fully saturated rings. The molecule has 2 aromatic rings. The molecule has 3 nitrogen and oxygen atoms in total. The van der Waals surface area contributed by atoms with Gasteiger partial charge in [-0.2, -0.15) is 0 Å². The number of hydrogen-bond donors (Lipinski definition) is 1. The molecule has 0 aliphatic carbocycles. The number of nitrogens with zero attached hydrogens (tertiary/aromatic N) is 2. The van der Waals surface area contributed by atoms with Crippen molar-refractivity contribution in [2.24, 2.45) is 0 Å². The van der Waals surface area contributed by atoms with Crippen LogP contribution in [0.1, 0.15) is 5.56 Å². The highest BCUT2D eigenvalue weighted by molar-refractivity contribution is 9.11. The van der Waals surface area contributed by atoms with Crippen LogP contribution < -0.4 is 10.6 Å². The zero-order valence-electron chi connectivity index (χ0n) is 9.90. The van der Waals surface area contributed by atoms with Gasteiger partial charge in [-0.05, 0) is 49.6 Å². The van der Waals surface area contributed by atoms with Crippen LogP contribution in [0.25, 0.3) is 0 Å². The molecule has 5 heteroatoms. The van der Waals surface area contributed by atoms with Gasteiger partial charge in [0.1, 0.15) is 5.82 Å². The van der Waals surface area contributed by atoms with Crippen LogP contribution >= 0.6 is 31.9 Å². The topological polar surface area (TPSA) is 42.1 Å². The zero-order valence-corrected chi connectivity index (χ0v) is 13.1. The fourth-order valence-electron chi connectivity index (χ4n) is 1.70. The molecule has 94 valence electrons. The van der Waals surface area contributed by atoms with Gasteiger partial charge in [0.15, 0.2) is 0 Å². The highest BCUT2D eigenvalue weighted by atomic mass is 79.9. The lowest BCUT2D eigenvalue weighted by molar-refractivity contribution is 0.895. The number of aromatic nitrogens is 1. The van der Waals surface area contributed by atoms with Gasteiger partial charge in [0, 0.05) is 29.9 Å². The van der Waals surface area contributed by atoms with Crippen LogP contribution in [-0.2, 0) is 6.54 Å². The predicted octanol–water partition coefficient (Wildman–Crippen LogP) is 3.83. The van der Waals surface area contributed by atoms with E-state index in [4.69, 9.17) is 5.73 Å². The molecule has 0 aliphatic rings. The Morgan fingerprint density at radius 3 is 2.67 bits per heavy atom. The summed E-state index contributed by atoms with van der Waals surface area (Å²) in [4.78, 5) is 6.45. The van der Waals surface area contributed by atoms with Crippen molar-refractivity contribution in [2.75, 3.05) is 17.7 Å². The second-order valence-corrected chi connectivity index (χ2v) is 5.78. The lowest BCUT2D eigenvalue weighted by Crippen LogP contribution is -2.19. The number of hydrogen-bond acceptors (Lipinski definition) is 3. The van der Waals surface area contributed by atoms with E-state index in [1.54, 1.807) is 6.20 Å². The minimum Gasteiger partial charge on any atom is -0.398 e. The van der Waals surface area contributed by atoms with Gasteiger partial charge >= 0.3 is 0 Å². The van der Waals surface area contributed by atoms with Crippen LogP contribution in [0.4, 0.5) is 11.5 Å². The summed E-state index contributed by atoms with van der Waals surface area (Å²) in [5.74, 6) is 0.890. The summed E-state index contributed by atoms with van der Waals surface area (Å²) in [6.07, 6.45) is 1.78. The molecule has 1 heterocycles. The molecule has 0 saturated heterocycles. The minimum absolute atomic E-state index is 0.722. The molecule has 0 unspecified atom stereocenters. The minimum atomic E-state index is 0.722. The number of nitrogens with two attached hydrogens (primary N) is 1. The van der Waals surface area contributed by atoms with E-state index in [0.717, 1.165) is 32.6 Å². The number of rotatable bonds is 3. The summed E-state index contributed by atoms with van der Waals surface area (Å²) in [6, 6.07) is 9.84. The molecule has 1 aromatic heterocycles. The van der Waals surface area contributed by atoms with Crippen molar-refractivity contribution in [3.8, 4) is 0 Å². The molecule has 2 rings (SSSR count). The van der Waals surface area contributed by atoms with E-state index in [-0.39, 0.29) is 0 Å². The average Bonchev–Trinajstić information content (AvgIpc) is 2.32. The van der Waals surface area contributed by atoms with E-state index in [9.17, 15) is 0 Å². The third-order valence-corrected chi connectivity index (χ3v) is 3.63. The first-order chi connectivity index (χ1) is 8.58. The van der Waals surface area contributed by atoms with E-state index in [0.29, 0.717) is 0 Å². The Balaban J connectivity index is 2.22. The first-order valence-electron chi connectivity index (χ1n) is 5.43. The maximum atomic E-state index is 5.94. The second-order valence-electron chi connectivity index (χ2n) is 4.01. The quantitative estimate of drug-likeness (QED) is 0.835. The monoisotopic (exact) mass is 369 g/mol. The molecule has 0 aliphatic heterocycles. The summed E-state index contributed by atoms with van der Waals surface area (Å²) in [5, 5.41) is 0. The standard InChI is InChI=1S/C13H13Br2N3/c1-18(8-9-4-2-3-5-12(9)16)13-11(15)6-10(14)7-17-13/h2-7H,8,16H2,1H3. The smallest absolute Gasteiger partial charge is 0.142 e. The van der Waals surface area contributed by atoms with Crippen LogP contribution in [0.15, 0.2) is 45.5 Å². The number of benzene rings is 1. The molecule has 0 radical (unpaired) electrons. The van der Waals surface area contributed by atoms with Crippen molar-refractivity contribution in [2.45, 2.75) is 6.54 Å². The lowest BCUT2D eigenvalue weighted by atomic mass is 10.2. The largest absolute Gasteiger partial charge is 0.398 e. The summed E-state index contributed by atoms with van der Waals surface area (Å²) in [5.41, 5.74) is 7.84. The van der Waals surface area contributed by atoms with Crippen molar-refractivity contribution in [3.63, 3.8) is 0 Å². The van der Waals surface area contributed by atoms with Gasteiger partial charge in [0.25, 0.3) is 0 Å². The molecule has 0 saturated carbocycles. The molecular weight excluding hydrogens is 358 g/mol. The number of anilines is 2. The van der Waals surface area contributed by atoms with Crippen LogP contribution in [0, 0.1) is 0 Å². The number of nitrogen functional groups attached to an aromatic ring is 1. The summed E-state index contributed by atoms with van der Waals surface area (Å²) >= 11 is 6.91. The lowest BCUT2D eigenvalue weighted by Gasteiger charge is -2.20. The molecule has 1 aromatic carbocycles. The highest BCUT2D eigenvalue weighted by Crippen LogP contribution is 2.27.